The molecule has 37 heavy (non-hydrogen) atoms. The number of aromatic nitrogens is 2. The number of aryl methyl sites for hydroxylation is 1. The largest absolute Gasteiger partial charge is 0.497 e. The summed E-state index contributed by atoms with van der Waals surface area (Å²) in [4.78, 5) is 18.0. The fourth-order valence-corrected chi connectivity index (χ4v) is 4.63. The minimum Gasteiger partial charge on any atom is -0.497 e. The average molecular weight is 497 g/mol. The van der Waals surface area contributed by atoms with Crippen molar-refractivity contribution in [2.24, 2.45) is 0 Å². The lowest BCUT2D eigenvalue weighted by molar-refractivity contribution is 0.0737. The Morgan fingerprint density at radius 2 is 1.62 bits per heavy atom. The molecule has 190 valence electrons. The van der Waals surface area contributed by atoms with E-state index in [1.807, 2.05) is 91.5 Å². The standard InChI is InChI=1S/C30H32N4O3/c1-4-37-29-8-6-5-7-27(29)32-17-19-33(20-18-32)30(35)28-21-26(23-11-15-25(36-3)16-12-23)31-34(28)24-13-9-22(2)10-14-24/h5-16,21H,4,17-20H2,1-3H3. The van der Waals surface area contributed by atoms with Gasteiger partial charge in [-0.25, -0.2) is 4.68 Å². The number of rotatable bonds is 7. The Balaban J connectivity index is 1.41. The Hall–Kier alpha value is -4.26. The maximum atomic E-state index is 13.8. The quantitative estimate of drug-likeness (QED) is 0.351. The molecule has 0 aliphatic carbocycles. The Morgan fingerprint density at radius 3 is 2.30 bits per heavy atom. The van der Waals surface area contributed by atoms with E-state index in [0.29, 0.717) is 25.4 Å². The molecule has 1 aliphatic heterocycles. The van der Waals surface area contributed by atoms with E-state index in [9.17, 15) is 4.79 Å². The second-order valence-electron chi connectivity index (χ2n) is 9.07. The molecule has 0 N–H and O–H groups in total. The first kappa shape index (κ1) is 24.4. The van der Waals surface area contributed by atoms with E-state index in [1.165, 1.54) is 0 Å². The number of hydrogen-bond acceptors (Lipinski definition) is 5. The fraction of sp³-hybridized carbons (Fsp3) is 0.267. The summed E-state index contributed by atoms with van der Waals surface area (Å²) in [5.41, 5.74) is 5.32. The molecule has 0 atom stereocenters. The number of amides is 1. The van der Waals surface area contributed by atoms with Crippen LogP contribution in [0, 0.1) is 6.92 Å². The number of carbonyl (C=O) groups excluding carboxylic acids is 1. The molecule has 5 rings (SSSR count). The summed E-state index contributed by atoms with van der Waals surface area (Å²) in [5.74, 6) is 1.64. The van der Waals surface area contributed by atoms with Crippen molar-refractivity contribution in [2.75, 3.05) is 44.8 Å². The predicted molar refractivity (Wildman–Crippen MR) is 146 cm³/mol. The number of benzene rings is 3. The van der Waals surface area contributed by atoms with Crippen molar-refractivity contribution in [2.45, 2.75) is 13.8 Å². The van der Waals surface area contributed by atoms with Crippen molar-refractivity contribution < 1.29 is 14.3 Å². The van der Waals surface area contributed by atoms with Gasteiger partial charge in [0.05, 0.1) is 30.8 Å². The number of piperazine rings is 1. The maximum Gasteiger partial charge on any atom is 0.272 e. The summed E-state index contributed by atoms with van der Waals surface area (Å²) in [6.07, 6.45) is 0. The van der Waals surface area contributed by atoms with Gasteiger partial charge in [0.15, 0.2) is 0 Å². The molecule has 7 nitrogen and oxygen atoms in total. The first-order chi connectivity index (χ1) is 18.1. The lowest BCUT2D eigenvalue weighted by Gasteiger charge is -2.36. The van der Waals surface area contributed by atoms with Crippen LogP contribution in [0.4, 0.5) is 5.69 Å². The van der Waals surface area contributed by atoms with Crippen LogP contribution in [0.25, 0.3) is 16.9 Å². The maximum absolute atomic E-state index is 13.8. The van der Waals surface area contributed by atoms with Crippen LogP contribution in [-0.4, -0.2) is 60.5 Å². The number of nitrogens with zero attached hydrogens (tertiary/aromatic N) is 4. The Labute approximate surface area is 217 Å². The Morgan fingerprint density at radius 1 is 0.919 bits per heavy atom. The Kier molecular flexibility index (Phi) is 7.12. The lowest BCUT2D eigenvalue weighted by Crippen LogP contribution is -2.49. The Bertz CT molecular complexity index is 1350. The number of carbonyl (C=O) groups is 1. The van der Waals surface area contributed by atoms with Crippen molar-refractivity contribution in [3.8, 4) is 28.4 Å². The highest BCUT2D eigenvalue weighted by molar-refractivity contribution is 5.94. The third kappa shape index (κ3) is 5.16. The SMILES string of the molecule is CCOc1ccccc1N1CCN(C(=O)c2cc(-c3ccc(OC)cc3)nn2-c2ccc(C)cc2)CC1. The minimum atomic E-state index is -0.0226. The number of methoxy groups -OCH3 is 1. The summed E-state index contributed by atoms with van der Waals surface area (Å²) < 4.78 is 12.9. The van der Waals surface area contributed by atoms with Gasteiger partial charge in [0.2, 0.25) is 0 Å². The van der Waals surface area contributed by atoms with Gasteiger partial charge >= 0.3 is 0 Å². The van der Waals surface area contributed by atoms with Gasteiger partial charge in [0.25, 0.3) is 5.91 Å². The second-order valence-corrected chi connectivity index (χ2v) is 9.07. The molecular formula is C30H32N4O3. The molecule has 1 aliphatic rings. The molecule has 0 spiro atoms. The highest BCUT2D eigenvalue weighted by atomic mass is 16.5. The van der Waals surface area contributed by atoms with Crippen LogP contribution in [0.2, 0.25) is 0 Å². The predicted octanol–water partition coefficient (Wildman–Crippen LogP) is 5.22. The summed E-state index contributed by atoms with van der Waals surface area (Å²) in [5, 5.41) is 4.85. The van der Waals surface area contributed by atoms with Crippen molar-refractivity contribution in [3.63, 3.8) is 0 Å². The highest BCUT2D eigenvalue weighted by Gasteiger charge is 2.27. The first-order valence-corrected chi connectivity index (χ1v) is 12.6. The fourth-order valence-electron chi connectivity index (χ4n) is 4.63. The molecule has 7 heteroatoms. The number of para-hydroxylation sites is 2. The van der Waals surface area contributed by atoms with E-state index in [2.05, 4.69) is 11.0 Å². The zero-order chi connectivity index (χ0) is 25.8. The summed E-state index contributed by atoms with van der Waals surface area (Å²) in [7, 11) is 1.65. The van der Waals surface area contributed by atoms with Crippen LogP contribution >= 0.6 is 0 Å². The van der Waals surface area contributed by atoms with Gasteiger partial charge in [0, 0.05) is 31.7 Å². The molecule has 2 heterocycles. The molecular weight excluding hydrogens is 464 g/mol. The smallest absolute Gasteiger partial charge is 0.272 e. The molecule has 0 saturated carbocycles. The highest BCUT2D eigenvalue weighted by Crippen LogP contribution is 2.30. The molecule has 1 aromatic heterocycles. The first-order valence-electron chi connectivity index (χ1n) is 12.6. The third-order valence-corrected chi connectivity index (χ3v) is 6.67. The lowest BCUT2D eigenvalue weighted by atomic mass is 10.1. The van der Waals surface area contributed by atoms with Crippen molar-refractivity contribution in [1.29, 1.82) is 0 Å². The van der Waals surface area contributed by atoms with Gasteiger partial charge in [0.1, 0.15) is 17.2 Å². The van der Waals surface area contributed by atoms with E-state index >= 15 is 0 Å². The van der Waals surface area contributed by atoms with E-state index in [0.717, 1.165) is 52.8 Å². The van der Waals surface area contributed by atoms with Crippen LogP contribution < -0.4 is 14.4 Å². The molecule has 1 amide bonds. The van der Waals surface area contributed by atoms with Crippen LogP contribution in [0.1, 0.15) is 23.0 Å². The topological polar surface area (TPSA) is 59.8 Å². The second kappa shape index (κ2) is 10.8. The van der Waals surface area contributed by atoms with Crippen LogP contribution in [0.15, 0.2) is 78.9 Å². The van der Waals surface area contributed by atoms with Gasteiger partial charge in [-0.05, 0) is 68.4 Å². The van der Waals surface area contributed by atoms with Crippen LogP contribution in [0.3, 0.4) is 0 Å². The monoisotopic (exact) mass is 496 g/mol. The zero-order valence-corrected chi connectivity index (χ0v) is 21.6. The molecule has 1 saturated heterocycles. The number of anilines is 1. The van der Waals surface area contributed by atoms with Crippen molar-refractivity contribution in [1.82, 2.24) is 14.7 Å². The van der Waals surface area contributed by atoms with Gasteiger partial charge in [-0.3, -0.25) is 4.79 Å². The van der Waals surface area contributed by atoms with Crippen LogP contribution in [0.5, 0.6) is 11.5 Å². The molecule has 3 aromatic carbocycles. The minimum absolute atomic E-state index is 0.0226. The van der Waals surface area contributed by atoms with Crippen LogP contribution in [-0.2, 0) is 0 Å². The molecule has 4 aromatic rings. The zero-order valence-electron chi connectivity index (χ0n) is 21.6. The van der Waals surface area contributed by atoms with Crippen molar-refractivity contribution in [3.05, 3.63) is 90.1 Å². The summed E-state index contributed by atoms with van der Waals surface area (Å²) in [6, 6.07) is 25.8. The van der Waals surface area contributed by atoms with E-state index in [1.54, 1.807) is 11.8 Å². The third-order valence-electron chi connectivity index (χ3n) is 6.67. The molecule has 0 unspecified atom stereocenters. The van der Waals surface area contributed by atoms with Crippen molar-refractivity contribution >= 4 is 11.6 Å². The molecule has 0 radical (unpaired) electrons. The molecule has 0 bridgehead atoms. The number of hydrogen-bond donors (Lipinski definition) is 0. The summed E-state index contributed by atoms with van der Waals surface area (Å²) >= 11 is 0. The van der Waals surface area contributed by atoms with Gasteiger partial charge in [-0.15, -0.1) is 0 Å². The van der Waals surface area contributed by atoms with E-state index < -0.39 is 0 Å². The number of ether oxygens (including phenoxy) is 2. The van der Waals surface area contributed by atoms with E-state index in [-0.39, 0.29) is 5.91 Å². The summed E-state index contributed by atoms with van der Waals surface area (Å²) in [6.45, 7) is 7.37. The van der Waals surface area contributed by atoms with Gasteiger partial charge < -0.3 is 19.3 Å². The average Bonchev–Trinajstić information content (AvgIpc) is 3.39. The van der Waals surface area contributed by atoms with Gasteiger partial charge in [-0.1, -0.05) is 29.8 Å². The van der Waals surface area contributed by atoms with E-state index in [4.69, 9.17) is 14.6 Å². The van der Waals surface area contributed by atoms with Gasteiger partial charge in [-0.2, -0.15) is 5.10 Å². The normalized spacial score (nSPS) is 13.5. The molecule has 1 fully saturated rings.